The largest absolute Gasteiger partial charge is 0.416 e. The summed E-state index contributed by atoms with van der Waals surface area (Å²) in [6, 6.07) is 18.1. The van der Waals surface area contributed by atoms with Gasteiger partial charge < -0.3 is 10.2 Å². The van der Waals surface area contributed by atoms with Crippen molar-refractivity contribution in [2.24, 2.45) is 5.92 Å². The Bertz CT molecular complexity index is 1190. The molecule has 2 nitrogen and oxygen atoms in total. The van der Waals surface area contributed by atoms with Gasteiger partial charge in [-0.25, -0.2) is 4.39 Å². The highest BCUT2D eigenvalue weighted by atomic mass is 19.4. The SMILES string of the molecule is C[C@H]1CN(CC[C@H](CNCc2cc(C(F)(F)F)cc(C(F)(F)F)c2)c2ccc(F)cc2)CC[C@@H]1c1ccccc1. The van der Waals surface area contributed by atoms with Crippen LogP contribution in [-0.2, 0) is 18.9 Å². The van der Waals surface area contributed by atoms with E-state index in [9.17, 15) is 30.7 Å². The third kappa shape index (κ3) is 8.07. The minimum atomic E-state index is -4.89. The van der Waals surface area contributed by atoms with Crippen molar-refractivity contribution >= 4 is 0 Å². The maximum atomic E-state index is 13.6. The summed E-state index contributed by atoms with van der Waals surface area (Å²) in [5.74, 6) is 0.467. The Morgan fingerprint density at radius 2 is 1.50 bits per heavy atom. The molecule has 1 N–H and O–H groups in total. The van der Waals surface area contributed by atoms with E-state index in [1.54, 1.807) is 12.1 Å². The van der Waals surface area contributed by atoms with Crippen molar-refractivity contribution in [3.05, 3.63) is 106 Å². The Balaban J connectivity index is 1.41. The fourth-order valence-electron chi connectivity index (χ4n) is 5.60. The van der Waals surface area contributed by atoms with E-state index in [-0.39, 0.29) is 29.9 Å². The molecule has 9 heteroatoms. The molecule has 0 bridgehead atoms. The maximum Gasteiger partial charge on any atom is 0.416 e. The Morgan fingerprint density at radius 3 is 2.08 bits per heavy atom. The summed E-state index contributed by atoms with van der Waals surface area (Å²) in [6.07, 6.45) is -8.05. The summed E-state index contributed by atoms with van der Waals surface area (Å²) >= 11 is 0. The molecule has 1 heterocycles. The number of nitrogens with zero attached hydrogens (tertiary/aromatic N) is 1. The van der Waals surface area contributed by atoms with E-state index >= 15 is 0 Å². The van der Waals surface area contributed by atoms with Crippen molar-refractivity contribution in [2.45, 2.75) is 50.5 Å². The van der Waals surface area contributed by atoms with Crippen molar-refractivity contribution in [1.29, 1.82) is 0 Å². The van der Waals surface area contributed by atoms with Gasteiger partial charge in [0.05, 0.1) is 11.1 Å². The van der Waals surface area contributed by atoms with E-state index < -0.39 is 23.5 Å². The summed E-state index contributed by atoms with van der Waals surface area (Å²) < 4.78 is 93.0. The summed E-state index contributed by atoms with van der Waals surface area (Å²) in [4.78, 5) is 2.39. The molecule has 0 unspecified atom stereocenters. The van der Waals surface area contributed by atoms with Crippen LogP contribution < -0.4 is 5.32 Å². The number of hydrogen-bond acceptors (Lipinski definition) is 2. The van der Waals surface area contributed by atoms with E-state index in [0.29, 0.717) is 24.8 Å². The Hall–Kier alpha value is -2.91. The van der Waals surface area contributed by atoms with Crippen molar-refractivity contribution < 1.29 is 30.7 Å². The highest BCUT2D eigenvalue weighted by Crippen LogP contribution is 2.37. The molecular formula is C31H33F7N2. The minimum Gasteiger partial charge on any atom is -0.312 e. The zero-order valence-electron chi connectivity index (χ0n) is 22.2. The van der Waals surface area contributed by atoms with Gasteiger partial charge in [0.15, 0.2) is 0 Å². The summed E-state index contributed by atoms with van der Waals surface area (Å²) in [5.41, 5.74) is -0.561. The predicted molar refractivity (Wildman–Crippen MR) is 141 cm³/mol. The van der Waals surface area contributed by atoms with Crippen molar-refractivity contribution in [3.63, 3.8) is 0 Å². The molecule has 0 saturated carbocycles. The van der Waals surface area contributed by atoms with Crippen molar-refractivity contribution in [1.82, 2.24) is 10.2 Å². The first-order chi connectivity index (χ1) is 18.9. The molecule has 40 heavy (non-hydrogen) atoms. The lowest BCUT2D eigenvalue weighted by Gasteiger charge is -2.38. The van der Waals surface area contributed by atoms with E-state index in [2.05, 4.69) is 41.4 Å². The number of piperidine rings is 1. The van der Waals surface area contributed by atoms with Crippen LogP contribution in [0.25, 0.3) is 0 Å². The first-order valence-electron chi connectivity index (χ1n) is 13.4. The van der Waals surface area contributed by atoms with Crippen LogP contribution in [0.15, 0.2) is 72.8 Å². The monoisotopic (exact) mass is 566 g/mol. The first kappa shape index (κ1) is 30.1. The number of likely N-dealkylation sites (tertiary alicyclic amines) is 1. The van der Waals surface area contributed by atoms with Gasteiger partial charge in [0.25, 0.3) is 0 Å². The van der Waals surface area contributed by atoms with E-state index in [1.807, 2.05) is 6.07 Å². The first-order valence-corrected chi connectivity index (χ1v) is 13.4. The quantitative estimate of drug-likeness (QED) is 0.263. The molecule has 3 aromatic carbocycles. The van der Waals surface area contributed by atoms with Gasteiger partial charge in [0.2, 0.25) is 0 Å². The van der Waals surface area contributed by atoms with Gasteiger partial charge in [0, 0.05) is 19.6 Å². The standard InChI is InChI=1S/C31H33F7N2/c1-21-20-40(14-12-29(21)24-5-3-2-4-6-24)13-11-25(23-7-9-28(32)10-8-23)19-39-18-22-15-26(30(33,34)35)17-27(16-22)31(36,37)38/h2-10,15-17,21,25,29,39H,11-14,18-20H2,1H3/t21-,25+,29-/m0/s1. The lowest BCUT2D eigenvalue weighted by Crippen LogP contribution is -2.39. The van der Waals surface area contributed by atoms with Crippen LogP contribution in [0, 0.1) is 11.7 Å². The van der Waals surface area contributed by atoms with Crippen LogP contribution >= 0.6 is 0 Å². The van der Waals surface area contributed by atoms with Gasteiger partial charge in [-0.1, -0.05) is 49.4 Å². The van der Waals surface area contributed by atoms with Gasteiger partial charge in [0.1, 0.15) is 5.82 Å². The summed E-state index contributed by atoms with van der Waals surface area (Å²) in [5, 5.41) is 3.05. The lowest BCUT2D eigenvalue weighted by atomic mass is 9.81. The van der Waals surface area contributed by atoms with Crippen molar-refractivity contribution in [3.8, 4) is 0 Å². The van der Waals surface area contributed by atoms with Crippen LogP contribution in [0.3, 0.4) is 0 Å². The molecule has 1 fully saturated rings. The minimum absolute atomic E-state index is 0.100. The third-order valence-corrected chi connectivity index (χ3v) is 7.72. The van der Waals surface area contributed by atoms with Gasteiger partial charge >= 0.3 is 12.4 Å². The smallest absolute Gasteiger partial charge is 0.312 e. The fraction of sp³-hybridized carbons (Fsp3) is 0.419. The highest BCUT2D eigenvalue weighted by Gasteiger charge is 2.37. The van der Waals surface area contributed by atoms with Gasteiger partial charge in [-0.15, -0.1) is 0 Å². The number of nitrogens with one attached hydrogen (secondary N) is 1. The number of hydrogen-bond donors (Lipinski definition) is 1. The number of benzene rings is 3. The summed E-state index contributed by atoms with van der Waals surface area (Å²) in [7, 11) is 0. The van der Waals surface area contributed by atoms with Crippen LogP contribution in [0.4, 0.5) is 30.7 Å². The molecule has 0 radical (unpaired) electrons. The molecule has 0 amide bonds. The van der Waals surface area contributed by atoms with Gasteiger partial charge in [-0.3, -0.25) is 0 Å². The maximum absolute atomic E-state index is 13.6. The molecule has 3 atom stereocenters. The lowest BCUT2D eigenvalue weighted by molar-refractivity contribution is -0.143. The second-order valence-electron chi connectivity index (χ2n) is 10.7. The highest BCUT2D eigenvalue weighted by molar-refractivity contribution is 5.33. The zero-order valence-corrected chi connectivity index (χ0v) is 22.2. The average molecular weight is 567 g/mol. The van der Waals surface area contributed by atoms with Crippen molar-refractivity contribution in [2.75, 3.05) is 26.2 Å². The van der Waals surface area contributed by atoms with E-state index in [0.717, 1.165) is 43.8 Å². The van der Waals surface area contributed by atoms with Crippen LogP contribution in [-0.4, -0.2) is 31.1 Å². The van der Waals surface area contributed by atoms with Gasteiger partial charge in [-0.2, -0.15) is 26.3 Å². The molecule has 1 saturated heterocycles. The number of rotatable bonds is 9. The Labute approximate surface area is 230 Å². The average Bonchev–Trinajstić information content (AvgIpc) is 2.90. The molecular weight excluding hydrogens is 533 g/mol. The predicted octanol–water partition coefficient (Wildman–Crippen LogP) is 8.25. The second kappa shape index (κ2) is 12.7. The molecule has 1 aliphatic rings. The van der Waals surface area contributed by atoms with E-state index in [1.165, 1.54) is 17.7 Å². The van der Waals surface area contributed by atoms with E-state index in [4.69, 9.17) is 0 Å². The number of halogens is 7. The second-order valence-corrected chi connectivity index (χ2v) is 10.7. The fourth-order valence-corrected chi connectivity index (χ4v) is 5.60. The van der Waals surface area contributed by atoms with Gasteiger partial charge in [-0.05, 0) is 90.7 Å². The summed E-state index contributed by atoms with van der Waals surface area (Å²) in [6.45, 7) is 5.03. The Morgan fingerprint density at radius 1 is 0.875 bits per heavy atom. The van der Waals surface area contributed by atoms with Crippen LogP contribution in [0.1, 0.15) is 59.4 Å². The molecule has 0 aromatic heterocycles. The molecule has 216 valence electrons. The third-order valence-electron chi connectivity index (χ3n) is 7.72. The molecule has 1 aliphatic heterocycles. The van der Waals surface area contributed by atoms with Crippen LogP contribution in [0.5, 0.6) is 0 Å². The number of alkyl halides is 6. The molecule has 4 rings (SSSR count). The normalized spacial score (nSPS) is 19.5. The molecule has 0 aliphatic carbocycles. The topological polar surface area (TPSA) is 15.3 Å². The molecule has 3 aromatic rings. The Kier molecular flexibility index (Phi) is 9.56. The molecule has 0 spiro atoms. The van der Waals surface area contributed by atoms with Crippen LogP contribution in [0.2, 0.25) is 0 Å². The zero-order chi connectivity index (χ0) is 28.9.